The molecule has 0 fully saturated rings. The number of aromatic nitrogens is 3. The number of para-hydroxylation sites is 1. The van der Waals surface area contributed by atoms with Crippen LogP contribution in [0.2, 0.25) is 5.02 Å². The van der Waals surface area contributed by atoms with Crippen molar-refractivity contribution in [2.24, 2.45) is 0 Å². The lowest BCUT2D eigenvalue weighted by molar-refractivity contribution is -0.116. The number of amides is 1. The van der Waals surface area contributed by atoms with Gasteiger partial charge in [-0.3, -0.25) is 4.79 Å². The maximum absolute atomic E-state index is 12.6. The monoisotopic (exact) mass is 380 g/mol. The average Bonchev–Trinajstić information content (AvgIpc) is 3.22. The van der Waals surface area contributed by atoms with Crippen LogP contribution in [0.5, 0.6) is 0 Å². The van der Waals surface area contributed by atoms with Gasteiger partial charge in [-0.15, -0.1) is 10.2 Å². The molecule has 136 valence electrons. The third kappa shape index (κ3) is 3.44. The van der Waals surface area contributed by atoms with E-state index in [1.807, 2.05) is 48.0 Å². The van der Waals surface area contributed by atoms with Crippen LogP contribution in [-0.4, -0.2) is 20.7 Å². The second-order valence-corrected chi connectivity index (χ2v) is 6.76. The summed E-state index contributed by atoms with van der Waals surface area (Å²) in [7, 11) is 0. The van der Waals surface area contributed by atoms with Gasteiger partial charge in [0.1, 0.15) is 6.54 Å². The molecule has 0 aliphatic rings. The van der Waals surface area contributed by atoms with E-state index in [4.69, 9.17) is 16.0 Å². The topological polar surface area (TPSA) is 73.0 Å². The van der Waals surface area contributed by atoms with Crippen molar-refractivity contribution in [2.45, 2.75) is 20.4 Å². The summed E-state index contributed by atoms with van der Waals surface area (Å²) in [5, 5.41) is 12.5. The maximum atomic E-state index is 12.6. The lowest BCUT2D eigenvalue weighted by atomic mass is 10.2. The number of halogens is 1. The third-order valence-electron chi connectivity index (χ3n) is 4.32. The first-order chi connectivity index (χ1) is 13.0. The van der Waals surface area contributed by atoms with Crippen LogP contribution < -0.4 is 5.32 Å². The highest BCUT2D eigenvalue weighted by molar-refractivity contribution is 6.30. The minimum atomic E-state index is -0.130. The molecule has 0 spiro atoms. The zero-order chi connectivity index (χ0) is 19.0. The number of nitrogens with one attached hydrogen (secondary N) is 1. The first kappa shape index (κ1) is 17.3. The van der Waals surface area contributed by atoms with Crippen LogP contribution in [0.1, 0.15) is 11.5 Å². The van der Waals surface area contributed by atoms with Crippen LogP contribution in [0.25, 0.3) is 22.4 Å². The lowest BCUT2D eigenvalue weighted by Gasteiger charge is -2.10. The van der Waals surface area contributed by atoms with Gasteiger partial charge >= 0.3 is 0 Å². The number of aryl methyl sites for hydroxylation is 2. The summed E-state index contributed by atoms with van der Waals surface area (Å²) in [6.07, 6.45) is 1.87. The molecule has 1 amide bonds. The van der Waals surface area contributed by atoms with E-state index in [0.717, 1.165) is 27.7 Å². The number of rotatable bonds is 4. The maximum Gasteiger partial charge on any atom is 0.249 e. The Morgan fingerprint density at radius 3 is 2.74 bits per heavy atom. The van der Waals surface area contributed by atoms with E-state index >= 15 is 0 Å². The number of hydrogen-bond donors (Lipinski definition) is 1. The van der Waals surface area contributed by atoms with Crippen LogP contribution in [0, 0.1) is 13.8 Å². The highest BCUT2D eigenvalue weighted by Crippen LogP contribution is 2.30. The Kier molecular flexibility index (Phi) is 4.41. The van der Waals surface area contributed by atoms with E-state index < -0.39 is 0 Å². The summed E-state index contributed by atoms with van der Waals surface area (Å²) in [4.78, 5) is 12.6. The normalized spacial score (nSPS) is 11.1. The molecule has 1 N–H and O–H groups in total. The van der Waals surface area contributed by atoms with Gasteiger partial charge in [0, 0.05) is 34.7 Å². The van der Waals surface area contributed by atoms with Gasteiger partial charge < -0.3 is 14.3 Å². The Morgan fingerprint density at radius 1 is 1.19 bits per heavy atom. The van der Waals surface area contributed by atoms with Crippen molar-refractivity contribution in [3.63, 3.8) is 0 Å². The van der Waals surface area contributed by atoms with Crippen molar-refractivity contribution in [1.29, 1.82) is 0 Å². The van der Waals surface area contributed by atoms with Crippen LogP contribution in [-0.2, 0) is 11.3 Å². The molecule has 0 atom stereocenters. The summed E-state index contributed by atoms with van der Waals surface area (Å²) < 4.78 is 7.45. The standard InChI is InChI=1S/C20H17ClN4O2/c1-12-9-14(21)7-8-17(12)22-19(26)11-25-10-16(20-24-23-13(2)27-20)15-5-3-4-6-18(15)25/h3-10H,11H2,1-2H3,(H,22,26). The quantitative estimate of drug-likeness (QED) is 0.561. The summed E-state index contributed by atoms with van der Waals surface area (Å²) in [6, 6.07) is 13.2. The molecular formula is C20H17ClN4O2. The molecule has 6 nitrogen and oxygen atoms in total. The summed E-state index contributed by atoms with van der Waals surface area (Å²) >= 11 is 5.97. The lowest BCUT2D eigenvalue weighted by Crippen LogP contribution is -2.18. The van der Waals surface area contributed by atoms with Gasteiger partial charge in [-0.1, -0.05) is 29.8 Å². The number of carbonyl (C=O) groups is 1. The summed E-state index contributed by atoms with van der Waals surface area (Å²) in [6.45, 7) is 3.82. The van der Waals surface area contributed by atoms with E-state index in [-0.39, 0.29) is 12.5 Å². The molecule has 7 heteroatoms. The van der Waals surface area contributed by atoms with E-state index in [1.54, 1.807) is 19.1 Å². The molecule has 27 heavy (non-hydrogen) atoms. The van der Waals surface area contributed by atoms with Crippen LogP contribution in [0.3, 0.4) is 0 Å². The Hall–Kier alpha value is -3.12. The van der Waals surface area contributed by atoms with Gasteiger partial charge in [-0.2, -0.15) is 0 Å². The number of fused-ring (bicyclic) bond motifs is 1. The van der Waals surface area contributed by atoms with Gasteiger partial charge in [0.15, 0.2) is 0 Å². The van der Waals surface area contributed by atoms with E-state index in [9.17, 15) is 4.79 Å². The smallest absolute Gasteiger partial charge is 0.249 e. The molecule has 0 radical (unpaired) electrons. The SMILES string of the molecule is Cc1nnc(-c2cn(CC(=O)Nc3ccc(Cl)cc3C)c3ccccc23)o1. The van der Waals surface area contributed by atoms with Gasteiger partial charge in [-0.05, 0) is 36.8 Å². The molecule has 0 saturated carbocycles. The summed E-state index contributed by atoms with van der Waals surface area (Å²) in [5.41, 5.74) is 3.39. The zero-order valence-electron chi connectivity index (χ0n) is 14.9. The Bertz CT molecular complexity index is 1150. The number of nitrogens with zero attached hydrogens (tertiary/aromatic N) is 3. The molecule has 2 heterocycles. The second kappa shape index (κ2) is 6.89. The predicted molar refractivity (Wildman–Crippen MR) is 105 cm³/mol. The van der Waals surface area contributed by atoms with Crippen molar-refractivity contribution >= 4 is 34.1 Å². The molecule has 0 saturated heterocycles. The molecule has 4 aromatic rings. The largest absolute Gasteiger partial charge is 0.421 e. The Balaban J connectivity index is 1.65. The Morgan fingerprint density at radius 2 is 2.00 bits per heavy atom. The highest BCUT2D eigenvalue weighted by atomic mass is 35.5. The first-order valence-corrected chi connectivity index (χ1v) is 8.83. The number of hydrogen-bond acceptors (Lipinski definition) is 4. The summed E-state index contributed by atoms with van der Waals surface area (Å²) in [5.74, 6) is 0.809. The van der Waals surface area contributed by atoms with Gasteiger partial charge in [0.2, 0.25) is 17.7 Å². The van der Waals surface area contributed by atoms with Crippen LogP contribution >= 0.6 is 11.6 Å². The molecule has 2 aromatic heterocycles. The van der Waals surface area contributed by atoms with Gasteiger partial charge in [0.05, 0.1) is 5.56 Å². The van der Waals surface area contributed by atoms with Crippen molar-refractivity contribution in [3.8, 4) is 11.5 Å². The fraction of sp³-hybridized carbons (Fsp3) is 0.150. The minimum absolute atomic E-state index is 0.130. The van der Waals surface area contributed by atoms with Crippen molar-refractivity contribution in [3.05, 3.63) is 65.1 Å². The zero-order valence-corrected chi connectivity index (χ0v) is 15.6. The fourth-order valence-electron chi connectivity index (χ4n) is 3.07. The third-order valence-corrected chi connectivity index (χ3v) is 4.56. The van der Waals surface area contributed by atoms with E-state index in [0.29, 0.717) is 16.8 Å². The second-order valence-electron chi connectivity index (χ2n) is 6.32. The van der Waals surface area contributed by atoms with E-state index in [1.165, 1.54) is 0 Å². The fourth-order valence-corrected chi connectivity index (χ4v) is 3.29. The predicted octanol–water partition coefficient (Wildman–Crippen LogP) is 4.60. The van der Waals surface area contributed by atoms with Gasteiger partial charge in [0.25, 0.3) is 0 Å². The van der Waals surface area contributed by atoms with E-state index in [2.05, 4.69) is 15.5 Å². The number of benzene rings is 2. The van der Waals surface area contributed by atoms with Crippen molar-refractivity contribution in [1.82, 2.24) is 14.8 Å². The molecule has 0 aliphatic carbocycles. The van der Waals surface area contributed by atoms with Crippen LogP contribution in [0.4, 0.5) is 5.69 Å². The van der Waals surface area contributed by atoms with Crippen molar-refractivity contribution in [2.75, 3.05) is 5.32 Å². The number of carbonyl (C=O) groups excluding carboxylic acids is 1. The van der Waals surface area contributed by atoms with Crippen molar-refractivity contribution < 1.29 is 9.21 Å². The molecule has 4 rings (SSSR count). The Labute approximate surface area is 160 Å². The first-order valence-electron chi connectivity index (χ1n) is 8.45. The van der Waals surface area contributed by atoms with Gasteiger partial charge in [-0.25, -0.2) is 0 Å². The van der Waals surface area contributed by atoms with Crippen LogP contribution in [0.15, 0.2) is 53.1 Å². The molecule has 2 aromatic carbocycles. The minimum Gasteiger partial charge on any atom is -0.421 e. The highest BCUT2D eigenvalue weighted by Gasteiger charge is 2.16. The molecule has 0 bridgehead atoms. The average molecular weight is 381 g/mol. The number of anilines is 1. The molecular weight excluding hydrogens is 364 g/mol. The molecule has 0 unspecified atom stereocenters. The molecule has 0 aliphatic heterocycles.